The lowest BCUT2D eigenvalue weighted by Crippen LogP contribution is -2.55. The van der Waals surface area contributed by atoms with Gasteiger partial charge in [-0.15, -0.1) is 0 Å². The first kappa shape index (κ1) is 14.4. The van der Waals surface area contributed by atoms with E-state index in [1.165, 1.54) is 38.5 Å². The minimum atomic E-state index is -0.295. The Balaban J connectivity index is 1.70. The van der Waals surface area contributed by atoms with Crippen LogP contribution in [0.1, 0.15) is 58.3 Å². The largest absolute Gasteiger partial charge is 0.353 e. The van der Waals surface area contributed by atoms with Crippen molar-refractivity contribution < 1.29 is 9.59 Å². The van der Waals surface area contributed by atoms with Gasteiger partial charge in [-0.1, -0.05) is 32.1 Å². The zero-order valence-electron chi connectivity index (χ0n) is 12.0. The summed E-state index contributed by atoms with van der Waals surface area (Å²) >= 11 is 0. The topological polar surface area (TPSA) is 49.4 Å². The molecule has 1 atom stereocenters. The fourth-order valence-electron chi connectivity index (χ4n) is 3.28. The van der Waals surface area contributed by atoms with Crippen molar-refractivity contribution in [3.8, 4) is 0 Å². The maximum absolute atomic E-state index is 12.1. The van der Waals surface area contributed by atoms with Crippen molar-refractivity contribution in [1.82, 2.24) is 10.2 Å². The summed E-state index contributed by atoms with van der Waals surface area (Å²) in [6, 6.07) is -0.295. The predicted octanol–water partition coefficient (Wildman–Crippen LogP) is 2.08. The smallest absolute Gasteiger partial charge is 0.242 e. The highest BCUT2D eigenvalue weighted by Crippen LogP contribution is 2.27. The fourth-order valence-corrected chi connectivity index (χ4v) is 3.28. The molecule has 0 aromatic heterocycles. The van der Waals surface area contributed by atoms with Crippen LogP contribution in [0.5, 0.6) is 0 Å². The number of carbonyl (C=O) groups is 2. The molecule has 4 heteroatoms. The molecule has 0 bridgehead atoms. The summed E-state index contributed by atoms with van der Waals surface area (Å²) in [4.78, 5) is 25.4. The van der Waals surface area contributed by atoms with E-state index < -0.39 is 0 Å². The molecule has 4 nitrogen and oxygen atoms in total. The van der Waals surface area contributed by atoms with Gasteiger partial charge in [0.05, 0.1) is 0 Å². The van der Waals surface area contributed by atoms with Crippen LogP contribution in [-0.2, 0) is 9.59 Å². The van der Waals surface area contributed by atoms with E-state index in [1.807, 2.05) is 6.92 Å². The molecule has 0 aromatic rings. The van der Waals surface area contributed by atoms with Crippen LogP contribution in [0.25, 0.3) is 0 Å². The zero-order valence-corrected chi connectivity index (χ0v) is 12.0. The first-order valence-corrected chi connectivity index (χ1v) is 7.75. The fraction of sp³-hybridized carbons (Fsp3) is 0.867. The Kier molecular flexibility index (Phi) is 5.23. The van der Waals surface area contributed by atoms with Crippen LogP contribution >= 0.6 is 0 Å². The first-order chi connectivity index (χ1) is 9.18. The molecule has 1 N–H and O–H groups in total. The second-order valence-electron chi connectivity index (χ2n) is 5.95. The van der Waals surface area contributed by atoms with Gasteiger partial charge in [-0.25, -0.2) is 0 Å². The van der Waals surface area contributed by atoms with Crippen LogP contribution in [0.3, 0.4) is 0 Å². The Bertz CT molecular complexity index is 324. The molecule has 1 aliphatic carbocycles. The summed E-state index contributed by atoms with van der Waals surface area (Å²) in [5, 5.41) is 2.79. The zero-order chi connectivity index (χ0) is 13.7. The molecule has 0 radical (unpaired) electrons. The second-order valence-corrected chi connectivity index (χ2v) is 5.95. The Morgan fingerprint density at radius 1 is 1.32 bits per heavy atom. The SMILES string of the molecule is CC1C(=O)NCCN1C(=O)CCCC1CCCCC1. The van der Waals surface area contributed by atoms with Gasteiger partial charge in [0.1, 0.15) is 6.04 Å². The van der Waals surface area contributed by atoms with E-state index in [0.29, 0.717) is 19.5 Å². The number of hydrogen-bond acceptors (Lipinski definition) is 2. The van der Waals surface area contributed by atoms with Crippen LogP contribution in [0.4, 0.5) is 0 Å². The summed E-state index contributed by atoms with van der Waals surface area (Å²) in [6.07, 6.45) is 9.57. The van der Waals surface area contributed by atoms with Gasteiger partial charge in [0.2, 0.25) is 11.8 Å². The van der Waals surface area contributed by atoms with Crippen molar-refractivity contribution in [2.24, 2.45) is 5.92 Å². The third-order valence-electron chi connectivity index (χ3n) is 4.55. The number of nitrogens with zero attached hydrogens (tertiary/aromatic N) is 1. The van der Waals surface area contributed by atoms with Crippen LogP contribution < -0.4 is 5.32 Å². The van der Waals surface area contributed by atoms with E-state index in [0.717, 1.165) is 12.3 Å². The Morgan fingerprint density at radius 3 is 2.79 bits per heavy atom. The molecule has 108 valence electrons. The normalized spacial score (nSPS) is 25.2. The van der Waals surface area contributed by atoms with Gasteiger partial charge in [-0.05, 0) is 25.7 Å². The highest BCUT2D eigenvalue weighted by molar-refractivity contribution is 5.88. The quantitative estimate of drug-likeness (QED) is 0.847. The Morgan fingerprint density at radius 2 is 2.05 bits per heavy atom. The molecule has 2 rings (SSSR count). The van der Waals surface area contributed by atoms with Gasteiger partial charge < -0.3 is 10.2 Å². The molecule has 2 amide bonds. The average Bonchev–Trinajstić information content (AvgIpc) is 2.43. The number of amides is 2. The molecule has 2 aliphatic rings. The summed E-state index contributed by atoms with van der Waals surface area (Å²) in [5.41, 5.74) is 0. The minimum absolute atomic E-state index is 0.0214. The summed E-state index contributed by atoms with van der Waals surface area (Å²) < 4.78 is 0. The van der Waals surface area contributed by atoms with Crippen molar-refractivity contribution in [3.63, 3.8) is 0 Å². The number of rotatable bonds is 4. The lowest BCUT2D eigenvalue weighted by molar-refractivity contribution is -0.142. The van der Waals surface area contributed by atoms with Gasteiger partial charge in [0.15, 0.2) is 0 Å². The van der Waals surface area contributed by atoms with Crippen molar-refractivity contribution in [2.75, 3.05) is 13.1 Å². The number of piperazine rings is 1. The molecule has 2 fully saturated rings. The van der Waals surface area contributed by atoms with Crippen molar-refractivity contribution in [1.29, 1.82) is 0 Å². The summed E-state index contributed by atoms with van der Waals surface area (Å²) in [5.74, 6) is 0.966. The van der Waals surface area contributed by atoms with E-state index in [9.17, 15) is 9.59 Å². The lowest BCUT2D eigenvalue weighted by atomic mass is 9.86. The van der Waals surface area contributed by atoms with E-state index in [2.05, 4.69) is 5.32 Å². The second kappa shape index (κ2) is 6.92. The molecular weight excluding hydrogens is 240 g/mol. The molecular formula is C15H26N2O2. The Labute approximate surface area is 115 Å². The third-order valence-corrected chi connectivity index (χ3v) is 4.55. The van der Waals surface area contributed by atoms with E-state index in [1.54, 1.807) is 4.90 Å². The van der Waals surface area contributed by atoms with E-state index in [-0.39, 0.29) is 17.9 Å². The molecule has 1 saturated heterocycles. The Hall–Kier alpha value is -1.06. The van der Waals surface area contributed by atoms with Gasteiger partial charge in [0, 0.05) is 19.5 Å². The number of hydrogen-bond donors (Lipinski definition) is 1. The number of nitrogens with one attached hydrogen (secondary N) is 1. The van der Waals surface area contributed by atoms with Crippen LogP contribution in [0, 0.1) is 5.92 Å². The standard InChI is InChI=1S/C15H26N2O2/c1-12-15(19)16-10-11-17(12)14(18)9-5-8-13-6-3-2-4-7-13/h12-13H,2-11H2,1H3,(H,16,19). The number of carbonyl (C=O) groups excluding carboxylic acids is 2. The summed E-state index contributed by atoms with van der Waals surface area (Å²) in [6.45, 7) is 3.07. The van der Waals surface area contributed by atoms with Crippen LogP contribution in [0.15, 0.2) is 0 Å². The van der Waals surface area contributed by atoms with Crippen molar-refractivity contribution in [2.45, 2.75) is 64.3 Å². The maximum atomic E-state index is 12.1. The first-order valence-electron chi connectivity index (χ1n) is 7.75. The van der Waals surface area contributed by atoms with Crippen molar-refractivity contribution >= 4 is 11.8 Å². The molecule has 1 saturated carbocycles. The van der Waals surface area contributed by atoms with E-state index in [4.69, 9.17) is 0 Å². The van der Waals surface area contributed by atoms with Gasteiger partial charge in [-0.2, -0.15) is 0 Å². The van der Waals surface area contributed by atoms with Gasteiger partial charge in [-0.3, -0.25) is 9.59 Å². The average molecular weight is 266 g/mol. The predicted molar refractivity (Wildman–Crippen MR) is 74.6 cm³/mol. The lowest BCUT2D eigenvalue weighted by Gasteiger charge is -2.33. The van der Waals surface area contributed by atoms with Crippen molar-refractivity contribution in [3.05, 3.63) is 0 Å². The molecule has 0 aromatic carbocycles. The summed E-state index contributed by atoms with van der Waals surface area (Å²) in [7, 11) is 0. The van der Waals surface area contributed by atoms with Gasteiger partial charge in [0.25, 0.3) is 0 Å². The third kappa shape index (κ3) is 3.95. The molecule has 1 aliphatic heterocycles. The molecule has 19 heavy (non-hydrogen) atoms. The molecule has 1 unspecified atom stereocenters. The highest BCUT2D eigenvalue weighted by atomic mass is 16.2. The maximum Gasteiger partial charge on any atom is 0.242 e. The minimum Gasteiger partial charge on any atom is -0.353 e. The van der Waals surface area contributed by atoms with Crippen LogP contribution in [-0.4, -0.2) is 35.8 Å². The van der Waals surface area contributed by atoms with Crippen LogP contribution in [0.2, 0.25) is 0 Å². The highest BCUT2D eigenvalue weighted by Gasteiger charge is 2.28. The van der Waals surface area contributed by atoms with Gasteiger partial charge >= 0.3 is 0 Å². The monoisotopic (exact) mass is 266 g/mol. The van der Waals surface area contributed by atoms with E-state index >= 15 is 0 Å². The molecule has 1 heterocycles. The molecule has 0 spiro atoms.